The molecule has 0 aliphatic carbocycles. The summed E-state index contributed by atoms with van der Waals surface area (Å²) in [7, 11) is 1.52. The van der Waals surface area contributed by atoms with Gasteiger partial charge in [-0.05, 0) is 37.5 Å². The first-order valence-corrected chi connectivity index (χ1v) is 4.59. The number of aliphatic hydroxyl groups excluding tert-OH is 1. The van der Waals surface area contributed by atoms with E-state index in [4.69, 9.17) is 4.74 Å². The number of phenols is 1. The number of hydrogen-bond acceptors (Lipinski definition) is 3. The maximum absolute atomic E-state index is 9.46. The highest BCUT2D eigenvalue weighted by atomic mass is 16.5. The molecule has 0 saturated carbocycles. The molecule has 0 heterocycles. The SMILES string of the molecule is COc1c(O)ccc(C[C@@H](C)O)c1C. The Morgan fingerprint density at radius 2 is 2.07 bits per heavy atom. The zero-order valence-electron chi connectivity index (χ0n) is 8.74. The predicted molar refractivity (Wildman–Crippen MR) is 54.8 cm³/mol. The van der Waals surface area contributed by atoms with Gasteiger partial charge in [0.05, 0.1) is 13.2 Å². The van der Waals surface area contributed by atoms with Gasteiger partial charge in [0.15, 0.2) is 11.5 Å². The molecule has 0 fully saturated rings. The molecule has 2 N–H and O–H groups in total. The molecule has 3 heteroatoms. The summed E-state index contributed by atoms with van der Waals surface area (Å²) in [5.41, 5.74) is 1.88. The van der Waals surface area contributed by atoms with E-state index in [-0.39, 0.29) is 11.9 Å². The Bertz CT molecular complexity index is 319. The van der Waals surface area contributed by atoms with E-state index < -0.39 is 0 Å². The van der Waals surface area contributed by atoms with Crippen LogP contribution >= 0.6 is 0 Å². The molecule has 0 unspecified atom stereocenters. The normalized spacial score (nSPS) is 12.6. The highest BCUT2D eigenvalue weighted by molar-refractivity contribution is 5.49. The fraction of sp³-hybridized carbons (Fsp3) is 0.455. The van der Waals surface area contributed by atoms with E-state index >= 15 is 0 Å². The van der Waals surface area contributed by atoms with E-state index in [0.717, 1.165) is 11.1 Å². The molecular weight excluding hydrogens is 180 g/mol. The minimum Gasteiger partial charge on any atom is -0.504 e. The van der Waals surface area contributed by atoms with Crippen LogP contribution in [0, 0.1) is 6.92 Å². The van der Waals surface area contributed by atoms with Crippen LogP contribution in [-0.4, -0.2) is 23.4 Å². The summed E-state index contributed by atoms with van der Waals surface area (Å²) in [5.74, 6) is 0.627. The van der Waals surface area contributed by atoms with Crippen LogP contribution in [0.1, 0.15) is 18.1 Å². The van der Waals surface area contributed by atoms with Gasteiger partial charge in [-0.3, -0.25) is 0 Å². The minimum absolute atomic E-state index is 0.138. The van der Waals surface area contributed by atoms with Crippen molar-refractivity contribution in [1.82, 2.24) is 0 Å². The molecule has 78 valence electrons. The average molecular weight is 196 g/mol. The molecule has 0 saturated heterocycles. The maximum Gasteiger partial charge on any atom is 0.163 e. The zero-order valence-corrected chi connectivity index (χ0v) is 8.74. The fourth-order valence-electron chi connectivity index (χ4n) is 1.52. The molecule has 1 atom stereocenters. The fourth-order valence-corrected chi connectivity index (χ4v) is 1.52. The van der Waals surface area contributed by atoms with Gasteiger partial charge in [-0.15, -0.1) is 0 Å². The lowest BCUT2D eigenvalue weighted by Gasteiger charge is -2.12. The van der Waals surface area contributed by atoms with Gasteiger partial charge in [0.2, 0.25) is 0 Å². The molecule has 0 radical (unpaired) electrons. The van der Waals surface area contributed by atoms with Crippen molar-refractivity contribution in [2.75, 3.05) is 7.11 Å². The second-order valence-corrected chi connectivity index (χ2v) is 3.46. The van der Waals surface area contributed by atoms with E-state index in [1.165, 1.54) is 7.11 Å². The zero-order chi connectivity index (χ0) is 10.7. The van der Waals surface area contributed by atoms with Gasteiger partial charge in [0.25, 0.3) is 0 Å². The van der Waals surface area contributed by atoms with Gasteiger partial charge in [0, 0.05) is 0 Å². The topological polar surface area (TPSA) is 49.7 Å². The maximum atomic E-state index is 9.46. The van der Waals surface area contributed by atoms with Crippen LogP contribution in [0.25, 0.3) is 0 Å². The van der Waals surface area contributed by atoms with Crippen LogP contribution in [0.4, 0.5) is 0 Å². The van der Waals surface area contributed by atoms with Crippen LogP contribution in [0.5, 0.6) is 11.5 Å². The van der Waals surface area contributed by atoms with E-state index in [9.17, 15) is 10.2 Å². The van der Waals surface area contributed by atoms with E-state index in [0.29, 0.717) is 12.2 Å². The lowest BCUT2D eigenvalue weighted by atomic mass is 10.0. The molecule has 1 aromatic rings. The second-order valence-electron chi connectivity index (χ2n) is 3.46. The number of hydrogen-bond donors (Lipinski definition) is 2. The number of rotatable bonds is 3. The number of methoxy groups -OCH3 is 1. The Hall–Kier alpha value is -1.22. The molecule has 0 aliphatic rings. The highest BCUT2D eigenvalue weighted by Gasteiger charge is 2.10. The summed E-state index contributed by atoms with van der Waals surface area (Å²) < 4.78 is 5.07. The second kappa shape index (κ2) is 4.33. The summed E-state index contributed by atoms with van der Waals surface area (Å²) >= 11 is 0. The molecule has 0 bridgehead atoms. The van der Waals surface area contributed by atoms with Gasteiger partial charge < -0.3 is 14.9 Å². The van der Waals surface area contributed by atoms with E-state index in [1.807, 2.05) is 6.92 Å². The van der Waals surface area contributed by atoms with E-state index in [1.54, 1.807) is 19.1 Å². The minimum atomic E-state index is -0.386. The summed E-state index contributed by atoms with van der Waals surface area (Å²) in [6, 6.07) is 3.39. The quantitative estimate of drug-likeness (QED) is 0.772. The van der Waals surface area contributed by atoms with Crippen LogP contribution in [0.15, 0.2) is 12.1 Å². The Morgan fingerprint density at radius 3 is 2.57 bits per heavy atom. The molecule has 14 heavy (non-hydrogen) atoms. The first-order chi connectivity index (χ1) is 6.56. The van der Waals surface area contributed by atoms with Crippen molar-refractivity contribution >= 4 is 0 Å². The van der Waals surface area contributed by atoms with Crippen molar-refractivity contribution in [2.24, 2.45) is 0 Å². The van der Waals surface area contributed by atoms with Crippen molar-refractivity contribution in [3.05, 3.63) is 23.3 Å². The molecule has 0 spiro atoms. The number of ether oxygens (including phenoxy) is 1. The van der Waals surface area contributed by atoms with Crippen LogP contribution in [0.3, 0.4) is 0 Å². The van der Waals surface area contributed by atoms with Gasteiger partial charge in [-0.25, -0.2) is 0 Å². The van der Waals surface area contributed by atoms with Gasteiger partial charge in [-0.2, -0.15) is 0 Å². The number of benzene rings is 1. The van der Waals surface area contributed by atoms with Gasteiger partial charge >= 0.3 is 0 Å². The summed E-state index contributed by atoms with van der Waals surface area (Å²) in [5, 5.41) is 18.7. The number of aliphatic hydroxyl groups is 1. The molecule has 0 aromatic heterocycles. The molecule has 1 rings (SSSR count). The van der Waals surface area contributed by atoms with Crippen molar-refractivity contribution < 1.29 is 14.9 Å². The highest BCUT2D eigenvalue weighted by Crippen LogP contribution is 2.32. The van der Waals surface area contributed by atoms with Crippen LogP contribution in [-0.2, 0) is 6.42 Å². The summed E-state index contributed by atoms with van der Waals surface area (Å²) in [4.78, 5) is 0. The third kappa shape index (κ3) is 2.17. The third-order valence-corrected chi connectivity index (χ3v) is 2.22. The molecule has 0 amide bonds. The molecule has 3 nitrogen and oxygen atoms in total. The van der Waals surface area contributed by atoms with Crippen molar-refractivity contribution in [3.8, 4) is 11.5 Å². The first-order valence-electron chi connectivity index (χ1n) is 4.59. The Balaban J connectivity index is 3.08. The van der Waals surface area contributed by atoms with Crippen molar-refractivity contribution in [1.29, 1.82) is 0 Å². The molecular formula is C11H16O3. The smallest absolute Gasteiger partial charge is 0.163 e. The largest absolute Gasteiger partial charge is 0.504 e. The van der Waals surface area contributed by atoms with Crippen molar-refractivity contribution in [2.45, 2.75) is 26.4 Å². The number of aromatic hydroxyl groups is 1. The first kappa shape index (κ1) is 10.9. The monoisotopic (exact) mass is 196 g/mol. The number of phenolic OH excluding ortho intramolecular Hbond substituents is 1. The average Bonchev–Trinajstić information content (AvgIpc) is 2.10. The predicted octanol–water partition coefficient (Wildman–Crippen LogP) is 1.63. The van der Waals surface area contributed by atoms with E-state index in [2.05, 4.69) is 0 Å². The van der Waals surface area contributed by atoms with Crippen LogP contribution < -0.4 is 4.74 Å². The standard InChI is InChI=1S/C11H16O3/c1-7(12)6-9-4-5-10(13)11(14-3)8(9)2/h4-5,7,12-13H,6H2,1-3H3/t7-/m1/s1. The molecule has 1 aromatic carbocycles. The Kier molecular flexibility index (Phi) is 3.36. The Labute approximate surface area is 84.0 Å². The van der Waals surface area contributed by atoms with Gasteiger partial charge in [0.1, 0.15) is 0 Å². The lowest BCUT2D eigenvalue weighted by Crippen LogP contribution is -2.06. The molecule has 0 aliphatic heterocycles. The van der Waals surface area contributed by atoms with Crippen LogP contribution in [0.2, 0.25) is 0 Å². The summed E-state index contributed by atoms with van der Waals surface area (Å²) in [6.07, 6.45) is 0.186. The summed E-state index contributed by atoms with van der Waals surface area (Å²) in [6.45, 7) is 3.61. The van der Waals surface area contributed by atoms with Crippen molar-refractivity contribution in [3.63, 3.8) is 0 Å². The van der Waals surface area contributed by atoms with Gasteiger partial charge in [-0.1, -0.05) is 6.07 Å². The Morgan fingerprint density at radius 1 is 1.43 bits per heavy atom. The lowest BCUT2D eigenvalue weighted by molar-refractivity contribution is 0.195. The third-order valence-electron chi connectivity index (χ3n) is 2.22.